The van der Waals surface area contributed by atoms with Gasteiger partial charge < -0.3 is 21.9 Å². The normalized spacial score (nSPS) is 18.8. The van der Waals surface area contributed by atoms with Gasteiger partial charge in [0.2, 0.25) is 5.91 Å². The summed E-state index contributed by atoms with van der Waals surface area (Å²) in [5.74, 6) is -1.18. The van der Waals surface area contributed by atoms with E-state index < -0.39 is 17.9 Å². The second-order valence-electron chi connectivity index (χ2n) is 4.69. The Balaban J connectivity index is 0.000000217. The maximum atomic E-state index is 10.6. The molecule has 1 fully saturated rings. The highest BCUT2D eigenvalue weighted by Crippen LogP contribution is 2.03. The summed E-state index contributed by atoms with van der Waals surface area (Å²) in [7, 11) is 0. The first-order chi connectivity index (χ1) is 9.50. The van der Waals surface area contributed by atoms with E-state index in [1.165, 1.54) is 0 Å². The lowest BCUT2D eigenvalue weighted by atomic mass is 10.1. The molecule has 1 amide bonds. The van der Waals surface area contributed by atoms with Gasteiger partial charge in [0.25, 0.3) is 0 Å². The SMILES string of the molecule is NC(=O)[C@@H](N)Cc1ccccc1.O=C(O)[C@@H]1CCCN1. The Kier molecular flexibility index (Phi) is 6.69. The topological polar surface area (TPSA) is 118 Å². The maximum Gasteiger partial charge on any atom is 0.320 e. The van der Waals surface area contributed by atoms with E-state index in [9.17, 15) is 9.59 Å². The summed E-state index contributed by atoms with van der Waals surface area (Å²) in [5, 5.41) is 11.2. The molecule has 1 saturated heterocycles. The number of nitrogens with one attached hydrogen (secondary N) is 1. The number of aliphatic carboxylic acids is 1. The molecule has 1 aliphatic heterocycles. The Labute approximate surface area is 118 Å². The molecule has 2 atom stereocenters. The van der Waals surface area contributed by atoms with Crippen LogP contribution in [0.15, 0.2) is 30.3 Å². The average molecular weight is 279 g/mol. The first kappa shape index (κ1) is 16.1. The van der Waals surface area contributed by atoms with Gasteiger partial charge in [0.05, 0.1) is 6.04 Å². The summed E-state index contributed by atoms with van der Waals surface area (Å²) in [6.07, 6.45) is 2.29. The van der Waals surface area contributed by atoms with Crippen molar-refractivity contribution >= 4 is 11.9 Å². The highest BCUT2D eigenvalue weighted by atomic mass is 16.4. The Morgan fingerprint density at radius 1 is 1.35 bits per heavy atom. The standard InChI is InChI=1S/C9H12N2O.C5H9NO2/c10-8(9(11)12)6-7-4-2-1-3-5-7;7-5(8)4-2-1-3-6-4/h1-5,8H,6,10H2,(H2,11,12);4,6H,1-3H2,(H,7,8)/t8-;4-/m00/s1. The van der Waals surface area contributed by atoms with E-state index in [-0.39, 0.29) is 6.04 Å². The number of hydrogen-bond donors (Lipinski definition) is 4. The van der Waals surface area contributed by atoms with E-state index in [0.29, 0.717) is 6.42 Å². The van der Waals surface area contributed by atoms with E-state index in [4.69, 9.17) is 16.6 Å². The van der Waals surface area contributed by atoms with Gasteiger partial charge in [-0.2, -0.15) is 0 Å². The molecule has 2 rings (SSSR count). The van der Waals surface area contributed by atoms with Gasteiger partial charge in [-0.05, 0) is 31.4 Å². The molecular weight excluding hydrogens is 258 g/mol. The van der Waals surface area contributed by atoms with Crippen molar-refractivity contribution < 1.29 is 14.7 Å². The zero-order chi connectivity index (χ0) is 15.0. The zero-order valence-electron chi connectivity index (χ0n) is 11.3. The molecule has 6 nitrogen and oxygen atoms in total. The van der Waals surface area contributed by atoms with Crippen LogP contribution in [0.1, 0.15) is 18.4 Å². The number of hydrogen-bond acceptors (Lipinski definition) is 4. The zero-order valence-corrected chi connectivity index (χ0v) is 11.3. The fraction of sp³-hybridized carbons (Fsp3) is 0.429. The van der Waals surface area contributed by atoms with E-state index in [1.54, 1.807) is 0 Å². The summed E-state index contributed by atoms with van der Waals surface area (Å²) >= 11 is 0. The minimum absolute atomic E-state index is 0.269. The van der Waals surface area contributed by atoms with Crippen molar-refractivity contribution in [3.63, 3.8) is 0 Å². The highest BCUT2D eigenvalue weighted by molar-refractivity contribution is 5.79. The van der Waals surface area contributed by atoms with Crippen LogP contribution in [-0.2, 0) is 16.0 Å². The van der Waals surface area contributed by atoms with Crippen LogP contribution in [0.3, 0.4) is 0 Å². The fourth-order valence-corrected chi connectivity index (χ4v) is 1.86. The molecule has 20 heavy (non-hydrogen) atoms. The number of carboxylic acids is 1. The minimum atomic E-state index is -0.720. The second kappa shape index (κ2) is 8.29. The molecule has 1 aromatic carbocycles. The Hall–Kier alpha value is -1.92. The van der Waals surface area contributed by atoms with E-state index in [1.807, 2.05) is 30.3 Å². The lowest BCUT2D eigenvalue weighted by molar-refractivity contribution is -0.139. The van der Waals surface area contributed by atoms with Gasteiger partial charge in [-0.3, -0.25) is 9.59 Å². The van der Waals surface area contributed by atoms with Crippen LogP contribution in [0.5, 0.6) is 0 Å². The molecule has 0 saturated carbocycles. The number of primary amides is 1. The van der Waals surface area contributed by atoms with Crippen molar-refractivity contribution in [3.8, 4) is 0 Å². The van der Waals surface area contributed by atoms with E-state index in [2.05, 4.69) is 5.32 Å². The maximum absolute atomic E-state index is 10.6. The third kappa shape index (κ3) is 5.81. The number of rotatable bonds is 4. The number of carbonyl (C=O) groups is 2. The lowest BCUT2D eigenvalue weighted by Crippen LogP contribution is -2.38. The molecule has 0 unspecified atom stereocenters. The predicted octanol–water partition coefficient (Wildman–Crippen LogP) is -0.135. The Morgan fingerprint density at radius 3 is 2.40 bits per heavy atom. The molecule has 6 N–H and O–H groups in total. The Morgan fingerprint density at radius 2 is 2.00 bits per heavy atom. The number of amides is 1. The van der Waals surface area contributed by atoms with Crippen LogP contribution in [0.2, 0.25) is 0 Å². The van der Waals surface area contributed by atoms with Crippen LogP contribution in [-0.4, -0.2) is 35.6 Å². The largest absolute Gasteiger partial charge is 0.480 e. The van der Waals surface area contributed by atoms with Crippen LogP contribution < -0.4 is 16.8 Å². The first-order valence-electron chi connectivity index (χ1n) is 6.55. The number of benzene rings is 1. The molecule has 1 heterocycles. The molecule has 0 spiro atoms. The van der Waals surface area contributed by atoms with Crippen molar-refractivity contribution in [3.05, 3.63) is 35.9 Å². The third-order valence-corrected chi connectivity index (χ3v) is 3.02. The summed E-state index contributed by atoms with van der Waals surface area (Å²) in [6.45, 7) is 0.858. The molecule has 6 heteroatoms. The fourth-order valence-electron chi connectivity index (χ4n) is 1.86. The number of carboxylic acid groups (broad SMARTS) is 1. The van der Waals surface area contributed by atoms with E-state index >= 15 is 0 Å². The summed E-state index contributed by atoms with van der Waals surface area (Å²) in [6, 6.07) is 8.72. The minimum Gasteiger partial charge on any atom is -0.480 e. The van der Waals surface area contributed by atoms with Crippen LogP contribution in [0.4, 0.5) is 0 Å². The summed E-state index contributed by atoms with van der Waals surface area (Å²) in [4.78, 5) is 20.7. The molecule has 1 aliphatic rings. The highest BCUT2D eigenvalue weighted by Gasteiger charge is 2.20. The molecule has 0 bridgehead atoms. The van der Waals surface area contributed by atoms with Gasteiger partial charge in [0.15, 0.2) is 0 Å². The smallest absolute Gasteiger partial charge is 0.320 e. The van der Waals surface area contributed by atoms with Gasteiger partial charge in [-0.15, -0.1) is 0 Å². The van der Waals surface area contributed by atoms with Crippen LogP contribution in [0.25, 0.3) is 0 Å². The molecule has 0 radical (unpaired) electrons. The molecule has 110 valence electrons. The Bertz CT molecular complexity index is 431. The predicted molar refractivity (Wildman–Crippen MR) is 76.0 cm³/mol. The number of carbonyl (C=O) groups excluding carboxylic acids is 1. The molecule has 1 aromatic rings. The van der Waals surface area contributed by atoms with Gasteiger partial charge in [-0.25, -0.2) is 0 Å². The monoisotopic (exact) mass is 279 g/mol. The van der Waals surface area contributed by atoms with Crippen molar-refractivity contribution in [2.24, 2.45) is 11.5 Å². The van der Waals surface area contributed by atoms with Crippen molar-refractivity contribution in [1.29, 1.82) is 0 Å². The van der Waals surface area contributed by atoms with Gasteiger partial charge in [0.1, 0.15) is 6.04 Å². The quantitative estimate of drug-likeness (QED) is 0.612. The van der Waals surface area contributed by atoms with Crippen molar-refractivity contribution in [2.45, 2.75) is 31.3 Å². The summed E-state index contributed by atoms with van der Waals surface area (Å²) < 4.78 is 0. The third-order valence-electron chi connectivity index (χ3n) is 3.02. The van der Waals surface area contributed by atoms with Gasteiger partial charge >= 0.3 is 5.97 Å². The number of nitrogens with two attached hydrogens (primary N) is 2. The van der Waals surface area contributed by atoms with Gasteiger partial charge in [-0.1, -0.05) is 30.3 Å². The first-order valence-corrected chi connectivity index (χ1v) is 6.55. The molecular formula is C14H21N3O3. The lowest BCUT2D eigenvalue weighted by Gasteiger charge is -2.06. The van der Waals surface area contributed by atoms with Crippen LogP contribution in [0, 0.1) is 0 Å². The molecule has 0 aromatic heterocycles. The van der Waals surface area contributed by atoms with Crippen molar-refractivity contribution in [2.75, 3.05) is 6.54 Å². The van der Waals surface area contributed by atoms with E-state index in [0.717, 1.165) is 24.9 Å². The second-order valence-corrected chi connectivity index (χ2v) is 4.69. The summed E-state index contributed by atoms with van der Waals surface area (Å²) in [5.41, 5.74) is 11.5. The van der Waals surface area contributed by atoms with Crippen LogP contribution >= 0.6 is 0 Å². The van der Waals surface area contributed by atoms with Crippen molar-refractivity contribution in [1.82, 2.24) is 5.32 Å². The molecule has 0 aliphatic carbocycles. The average Bonchev–Trinajstić information content (AvgIpc) is 2.94. The van der Waals surface area contributed by atoms with Gasteiger partial charge in [0, 0.05) is 0 Å².